The van der Waals surface area contributed by atoms with Gasteiger partial charge < -0.3 is 129 Å². The lowest BCUT2D eigenvalue weighted by atomic mass is 9.30. The summed E-state index contributed by atoms with van der Waals surface area (Å²) >= 11 is 0. The van der Waals surface area contributed by atoms with Gasteiger partial charge in [-0.1, -0.05) is 41.5 Å². The van der Waals surface area contributed by atoms with Crippen LogP contribution in [0.2, 0.25) is 0 Å². The second-order valence-electron chi connectivity index (χ2n) is 28.8. The normalized spacial score (nSPS) is 58.2. The first-order valence-electron chi connectivity index (χ1n) is 30.6. The summed E-state index contributed by atoms with van der Waals surface area (Å²) in [5.74, 6) is 0.451. The van der Waals surface area contributed by atoms with Gasteiger partial charge in [-0.15, -0.1) is 0 Å². The molecule has 0 amide bonds. The highest BCUT2D eigenvalue weighted by Gasteiger charge is 2.80. The molecule has 15 N–H and O–H groups in total. The maximum atomic E-state index is 12.7. The molecule has 34 atom stereocenters. The Morgan fingerprint density at radius 2 is 1.08 bits per heavy atom. The maximum Gasteiger partial charge on any atom is 0.187 e. The van der Waals surface area contributed by atoms with Gasteiger partial charge in [-0.05, 0) is 111 Å². The first-order valence-corrected chi connectivity index (χ1v) is 30.6. The van der Waals surface area contributed by atoms with E-state index >= 15 is 0 Å². The lowest BCUT2D eigenvalue weighted by Gasteiger charge is -2.75. The number of aliphatic hydroxyl groups excluding tert-OH is 15. The van der Waals surface area contributed by atoms with Gasteiger partial charge in [0.1, 0.15) is 104 Å². The highest BCUT2D eigenvalue weighted by atomic mass is 16.8. The molecule has 6 saturated heterocycles. The Bertz CT molecular complexity index is 2290. The molecule has 0 radical (unpaired) electrons. The molecule has 5 saturated carbocycles. The van der Waals surface area contributed by atoms with E-state index in [1.54, 1.807) is 0 Å². The highest BCUT2D eigenvalue weighted by molar-refractivity contribution is 5.28. The smallest absolute Gasteiger partial charge is 0.187 e. The summed E-state index contributed by atoms with van der Waals surface area (Å²) in [6.07, 6.45) is -32.8. The van der Waals surface area contributed by atoms with Gasteiger partial charge in [0, 0.05) is 17.4 Å². The minimum atomic E-state index is -1.94. The topological polar surface area (TPSA) is 405 Å². The summed E-state index contributed by atoms with van der Waals surface area (Å²) in [4.78, 5) is 0. The fourth-order valence-electron chi connectivity index (χ4n) is 18.9. The van der Waals surface area contributed by atoms with Crippen LogP contribution in [0.3, 0.4) is 0 Å². The van der Waals surface area contributed by atoms with Crippen LogP contribution in [0.25, 0.3) is 0 Å². The molecule has 5 aliphatic carbocycles. The summed E-state index contributed by atoms with van der Waals surface area (Å²) in [6.45, 7) is 13.0. The SMILES string of the molecule is C[C@@H]1O[C@@H](O[C@H]2[C@H](O)[C@@H](CO)O[C@@H](O[C@H]3CO[C@@H](O[C@H]4CC[C@@]5(C)C(CC[C@]6(C)C5CC[C@]57OC[C@@]8(CC[C@](C)(CO)C[C@H]85)[C@H](O)C[C@]76C)C4(C)C)[C@H](O[C@@H]4O[C@H](CO)[C@@H](O)[C@H](O)[C@H]4O)[C@H]3O)[C@@H]2O[C@@H]2OC[C@@H](O)[C@H](O)[C@H]2O)[C@H](O)[C@H](O)[C@H]1O. The third-order valence-electron chi connectivity index (χ3n) is 24.2. The first kappa shape index (κ1) is 64.5. The zero-order valence-electron chi connectivity index (χ0n) is 49.2. The van der Waals surface area contributed by atoms with Crippen molar-refractivity contribution < 1.29 is 129 Å². The average Bonchev–Trinajstić information content (AvgIpc) is 1.28. The predicted octanol–water partition coefficient (Wildman–Crippen LogP) is -3.25. The van der Waals surface area contributed by atoms with Crippen LogP contribution in [0, 0.1) is 50.2 Å². The summed E-state index contributed by atoms with van der Waals surface area (Å²) < 4.78 is 69.0. The summed E-state index contributed by atoms with van der Waals surface area (Å²) in [5, 5.41) is 165. The van der Waals surface area contributed by atoms with Gasteiger partial charge in [-0.25, -0.2) is 0 Å². The number of hydrogen-bond donors (Lipinski definition) is 15. The van der Waals surface area contributed by atoms with Gasteiger partial charge in [-0.3, -0.25) is 0 Å². The Labute approximate surface area is 489 Å². The molecule has 11 fully saturated rings. The second kappa shape index (κ2) is 23.3. The molecule has 6 aliphatic heterocycles. The molecule has 26 heteroatoms. The van der Waals surface area contributed by atoms with Crippen LogP contribution in [0.1, 0.15) is 113 Å². The molecular weight excluding hydrogens is 1110 g/mol. The molecular formula is C58H96O26. The fourth-order valence-corrected chi connectivity index (χ4v) is 18.9. The Kier molecular flexibility index (Phi) is 17.9. The molecule has 6 heterocycles. The molecule has 2 bridgehead atoms. The number of aliphatic hydroxyl groups is 15. The third-order valence-corrected chi connectivity index (χ3v) is 24.2. The molecule has 0 aromatic heterocycles. The van der Waals surface area contributed by atoms with E-state index in [2.05, 4.69) is 41.5 Å². The molecule has 11 aliphatic rings. The Morgan fingerprint density at radius 3 is 1.77 bits per heavy atom. The van der Waals surface area contributed by atoms with Crippen molar-refractivity contribution in [2.24, 2.45) is 50.2 Å². The number of rotatable bonds is 13. The minimum absolute atomic E-state index is 0.0911. The van der Waals surface area contributed by atoms with Crippen LogP contribution < -0.4 is 0 Å². The average molecular weight is 1210 g/mol. The fraction of sp³-hybridized carbons (Fsp3) is 1.00. The minimum Gasteiger partial charge on any atom is -0.396 e. The van der Waals surface area contributed by atoms with Crippen LogP contribution in [-0.4, -0.2) is 275 Å². The van der Waals surface area contributed by atoms with E-state index in [1.807, 2.05) is 0 Å². The van der Waals surface area contributed by atoms with Crippen molar-refractivity contribution in [3.8, 4) is 0 Å². The molecule has 1 spiro atoms. The largest absolute Gasteiger partial charge is 0.396 e. The molecule has 84 heavy (non-hydrogen) atoms. The van der Waals surface area contributed by atoms with Gasteiger partial charge in [0.2, 0.25) is 0 Å². The standard InChI is InChI=1S/C58H96O26/c1-24-34(64)39(69)42(72)48(77-24)82-44-37(67)27(19-60)79-51(46(44)84-47-41(71)35(65)25(62)20-74-47)80-28-21-75-50(45(38(28)68)83-49-43(73)40(70)36(66)26(18-59)78-49)81-33-10-11-54(5)29(52(33,2)3)8-12-55(6)30(54)9-13-58-31-16-53(4,22-61)14-15-57(31,23-76-58)32(63)17-56(55,58)7/h24-51,59-73H,8-23H2,1-7H3/t24-,25+,26+,27+,28-,29?,30?,31+,32+,33-,34-,35-,36+,37+,38-,39+,40-,41+,42+,43+,44-,45+,46+,47-,48-,49-,50-,51-,53-,54-,55+,56-,57+,58-/m0/s1. The molecule has 484 valence electrons. The van der Waals surface area contributed by atoms with Crippen LogP contribution in [0.15, 0.2) is 0 Å². The zero-order valence-corrected chi connectivity index (χ0v) is 49.2. The van der Waals surface area contributed by atoms with E-state index in [-0.39, 0.29) is 51.4 Å². The Morgan fingerprint density at radius 1 is 0.476 bits per heavy atom. The molecule has 2 unspecified atom stereocenters. The first-order chi connectivity index (χ1) is 39.5. The van der Waals surface area contributed by atoms with Crippen LogP contribution >= 0.6 is 0 Å². The van der Waals surface area contributed by atoms with Gasteiger partial charge in [0.25, 0.3) is 0 Å². The van der Waals surface area contributed by atoms with E-state index in [0.717, 1.165) is 51.4 Å². The van der Waals surface area contributed by atoms with Gasteiger partial charge >= 0.3 is 0 Å². The maximum absolute atomic E-state index is 12.7. The predicted molar refractivity (Wildman–Crippen MR) is 283 cm³/mol. The monoisotopic (exact) mass is 1210 g/mol. The van der Waals surface area contributed by atoms with Crippen molar-refractivity contribution >= 4 is 0 Å². The molecule has 0 aromatic rings. The quantitative estimate of drug-likeness (QED) is 0.0806. The molecule has 0 aromatic carbocycles. The zero-order chi connectivity index (χ0) is 60.8. The Hall–Kier alpha value is -1.04. The van der Waals surface area contributed by atoms with E-state index in [9.17, 15) is 76.6 Å². The van der Waals surface area contributed by atoms with Gasteiger partial charge in [-0.2, -0.15) is 0 Å². The van der Waals surface area contributed by atoms with E-state index in [4.69, 9.17) is 52.1 Å². The van der Waals surface area contributed by atoms with Crippen molar-refractivity contribution in [3.63, 3.8) is 0 Å². The highest BCUT2D eigenvalue weighted by Crippen LogP contribution is 2.80. The molecule has 26 nitrogen and oxygen atoms in total. The van der Waals surface area contributed by atoms with Gasteiger partial charge in [0.15, 0.2) is 31.5 Å². The summed E-state index contributed by atoms with van der Waals surface area (Å²) in [6, 6.07) is 0. The van der Waals surface area contributed by atoms with Crippen molar-refractivity contribution in [2.45, 2.75) is 272 Å². The van der Waals surface area contributed by atoms with E-state index in [0.29, 0.717) is 19.4 Å². The van der Waals surface area contributed by atoms with E-state index in [1.165, 1.54) is 6.92 Å². The third kappa shape index (κ3) is 9.96. The van der Waals surface area contributed by atoms with Crippen LogP contribution in [0.4, 0.5) is 0 Å². The summed E-state index contributed by atoms with van der Waals surface area (Å²) in [7, 11) is 0. The summed E-state index contributed by atoms with van der Waals surface area (Å²) in [5.41, 5.74) is -2.39. The lowest BCUT2D eigenvalue weighted by Crippen LogP contribution is -2.74. The van der Waals surface area contributed by atoms with Crippen LogP contribution in [0.5, 0.6) is 0 Å². The number of ether oxygens (including phenoxy) is 11. The lowest BCUT2D eigenvalue weighted by molar-refractivity contribution is -0.404. The number of hydrogen-bond acceptors (Lipinski definition) is 26. The van der Waals surface area contributed by atoms with E-state index < -0.39 is 191 Å². The van der Waals surface area contributed by atoms with Crippen molar-refractivity contribution in [2.75, 3.05) is 39.6 Å². The number of fused-ring (bicyclic) bond motifs is 4. The second-order valence-corrected chi connectivity index (χ2v) is 28.8. The van der Waals surface area contributed by atoms with Crippen molar-refractivity contribution in [3.05, 3.63) is 0 Å². The van der Waals surface area contributed by atoms with Crippen molar-refractivity contribution in [1.29, 1.82) is 0 Å². The van der Waals surface area contributed by atoms with Gasteiger partial charge in [0.05, 0.1) is 56.9 Å². The molecule has 11 rings (SSSR count). The van der Waals surface area contributed by atoms with Crippen LogP contribution in [-0.2, 0) is 52.1 Å². The Balaban J connectivity index is 0.866. The van der Waals surface area contributed by atoms with Crippen molar-refractivity contribution in [1.82, 2.24) is 0 Å².